The second-order valence-corrected chi connectivity index (χ2v) is 10.4. The van der Waals surface area contributed by atoms with Crippen molar-refractivity contribution in [1.29, 1.82) is 0 Å². The van der Waals surface area contributed by atoms with Gasteiger partial charge in [-0.15, -0.1) is 0 Å². The first kappa shape index (κ1) is 17.8. The average Bonchev–Trinajstić information content (AvgIpc) is 2.90. The molecule has 0 amide bonds. The van der Waals surface area contributed by atoms with Crippen LogP contribution in [-0.2, 0) is 0 Å². The maximum Gasteiger partial charge on any atom is 0.0192 e. The molecule has 2 fully saturated rings. The van der Waals surface area contributed by atoms with Crippen LogP contribution in [-0.4, -0.2) is 25.5 Å². The molecule has 0 saturated heterocycles. The van der Waals surface area contributed by atoms with Crippen molar-refractivity contribution in [2.24, 2.45) is 34.5 Å². The molecular formula is C24H39N. The largest absolute Gasteiger partial charge is 0.305 e. The van der Waals surface area contributed by atoms with E-state index in [9.17, 15) is 0 Å². The van der Waals surface area contributed by atoms with Crippen molar-refractivity contribution in [3.63, 3.8) is 0 Å². The average molecular weight is 342 g/mol. The van der Waals surface area contributed by atoms with Crippen molar-refractivity contribution < 1.29 is 0 Å². The van der Waals surface area contributed by atoms with Gasteiger partial charge in [0, 0.05) is 6.54 Å². The molecule has 4 rings (SSSR count). The first-order chi connectivity index (χ1) is 11.9. The first-order valence-electron chi connectivity index (χ1n) is 10.9. The van der Waals surface area contributed by atoms with E-state index in [1.54, 1.807) is 11.1 Å². The highest BCUT2D eigenvalue weighted by atomic mass is 15.0. The summed E-state index contributed by atoms with van der Waals surface area (Å²) in [6.07, 6.45) is 16.4. The van der Waals surface area contributed by atoms with Gasteiger partial charge in [0.2, 0.25) is 0 Å². The van der Waals surface area contributed by atoms with E-state index in [2.05, 4.69) is 51.9 Å². The number of likely N-dealkylation sites (N-methyl/N-ethyl adjacent to an activating group) is 1. The minimum atomic E-state index is 0.453. The van der Waals surface area contributed by atoms with E-state index in [0.29, 0.717) is 10.8 Å². The van der Waals surface area contributed by atoms with Crippen molar-refractivity contribution in [1.82, 2.24) is 4.90 Å². The smallest absolute Gasteiger partial charge is 0.0192 e. The van der Waals surface area contributed by atoms with Crippen LogP contribution in [0.4, 0.5) is 0 Å². The summed E-state index contributed by atoms with van der Waals surface area (Å²) >= 11 is 0. The van der Waals surface area contributed by atoms with Gasteiger partial charge in [-0.1, -0.05) is 44.9 Å². The lowest BCUT2D eigenvalue weighted by atomic mass is 9.47. The number of hydrogen-bond donors (Lipinski definition) is 0. The molecule has 0 radical (unpaired) electrons. The Kier molecular flexibility index (Phi) is 4.46. The van der Waals surface area contributed by atoms with Gasteiger partial charge in [-0.25, -0.2) is 0 Å². The molecule has 0 heterocycles. The Hall–Kier alpha value is -0.560. The molecule has 0 bridgehead atoms. The lowest BCUT2D eigenvalue weighted by Gasteiger charge is -2.58. The summed E-state index contributed by atoms with van der Waals surface area (Å²) in [5.74, 6) is 3.86. The molecular weight excluding hydrogens is 302 g/mol. The lowest BCUT2D eigenvalue weighted by molar-refractivity contribution is -0.0390. The Balaban J connectivity index is 1.74. The van der Waals surface area contributed by atoms with Gasteiger partial charge in [0.25, 0.3) is 0 Å². The molecule has 4 aliphatic carbocycles. The molecule has 0 spiro atoms. The highest BCUT2D eigenvalue weighted by Crippen LogP contribution is 2.67. The maximum absolute atomic E-state index is 2.67. The third kappa shape index (κ3) is 2.59. The van der Waals surface area contributed by atoms with Crippen LogP contribution in [0.5, 0.6) is 0 Å². The summed E-state index contributed by atoms with van der Waals surface area (Å²) in [6.45, 7) is 8.91. The third-order valence-electron chi connectivity index (χ3n) is 9.04. The van der Waals surface area contributed by atoms with Gasteiger partial charge >= 0.3 is 0 Å². The van der Waals surface area contributed by atoms with Gasteiger partial charge < -0.3 is 4.90 Å². The van der Waals surface area contributed by atoms with Crippen molar-refractivity contribution >= 4 is 0 Å². The monoisotopic (exact) mass is 341 g/mol. The zero-order valence-corrected chi connectivity index (χ0v) is 17.3. The van der Waals surface area contributed by atoms with Crippen LogP contribution < -0.4 is 0 Å². The molecule has 0 aromatic heterocycles. The molecule has 6 atom stereocenters. The molecule has 25 heavy (non-hydrogen) atoms. The summed E-state index contributed by atoms with van der Waals surface area (Å²) in [6, 6.07) is 0. The van der Waals surface area contributed by atoms with E-state index in [4.69, 9.17) is 0 Å². The van der Waals surface area contributed by atoms with E-state index >= 15 is 0 Å². The van der Waals surface area contributed by atoms with Crippen LogP contribution in [0.1, 0.15) is 72.1 Å². The normalized spacial score (nSPS) is 46.2. The number of allylic oxidation sites excluding steroid dienone is 3. The molecule has 1 heteroatoms. The van der Waals surface area contributed by atoms with E-state index in [1.165, 1.54) is 57.9 Å². The molecule has 4 aliphatic rings. The van der Waals surface area contributed by atoms with Gasteiger partial charge in [-0.2, -0.15) is 0 Å². The fourth-order valence-electron chi connectivity index (χ4n) is 7.88. The van der Waals surface area contributed by atoms with Crippen molar-refractivity contribution in [3.8, 4) is 0 Å². The number of nitrogens with zero attached hydrogens (tertiary/aromatic N) is 1. The first-order valence-corrected chi connectivity index (χ1v) is 10.9. The van der Waals surface area contributed by atoms with Gasteiger partial charge in [-0.3, -0.25) is 0 Å². The van der Waals surface area contributed by atoms with Gasteiger partial charge in [0.1, 0.15) is 0 Å². The summed E-state index contributed by atoms with van der Waals surface area (Å²) in [4.78, 5) is 2.40. The number of fused-ring (bicyclic) bond motifs is 5. The van der Waals surface area contributed by atoms with Crippen LogP contribution in [0.25, 0.3) is 0 Å². The molecule has 0 aromatic carbocycles. The molecule has 0 N–H and O–H groups in total. The van der Waals surface area contributed by atoms with Gasteiger partial charge in [-0.05, 0) is 99.1 Å². The zero-order valence-electron chi connectivity index (χ0n) is 17.3. The van der Waals surface area contributed by atoms with Crippen LogP contribution in [0, 0.1) is 34.5 Å². The standard InChI is InChI=1S/C24H39N/c1-6-18-10-11-21-19-15-17(16-25(4)5)20-9-7-8-13-24(20,3)22(19)12-14-23(18,21)2/h7,9,18-19,21-22H,6,8,10-16H2,1-5H3/t18-,19-,21-,22-,23+,24-/m0/s1. The zero-order chi connectivity index (χ0) is 17.8. The quantitative estimate of drug-likeness (QED) is 0.602. The summed E-state index contributed by atoms with van der Waals surface area (Å²) in [5.41, 5.74) is 4.60. The van der Waals surface area contributed by atoms with Crippen LogP contribution >= 0.6 is 0 Å². The Morgan fingerprint density at radius 1 is 1.08 bits per heavy atom. The van der Waals surface area contributed by atoms with E-state index in [1.807, 2.05) is 0 Å². The molecule has 0 aromatic rings. The number of rotatable bonds is 3. The fraction of sp³-hybridized carbons (Fsp3) is 0.833. The maximum atomic E-state index is 2.67. The molecule has 1 nitrogen and oxygen atoms in total. The Morgan fingerprint density at radius 2 is 1.88 bits per heavy atom. The van der Waals surface area contributed by atoms with Crippen molar-refractivity contribution in [2.75, 3.05) is 20.6 Å². The topological polar surface area (TPSA) is 3.24 Å². The van der Waals surface area contributed by atoms with Crippen molar-refractivity contribution in [2.45, 2.75) is 72.1 Å². The Morgan fingerprint density at radius 3 is 2.60 bits per heavy atom. The highest BCUT2D eigenvalue weighted by Gasteiger charge is 2.58. The SMILES string of the molecule is CC[C@H]1CC[C@H]2[C@@H]3CC(CN(C)C)=C4C=CCC[C@]4(C)[C@H]3CC[C@]12C. The Bertz CT molecular complexity index is 585. The minimum Gasteiger partial charge on any atom is -0.305 e. The predicted molar refractivity (Wildman–Crippen MR) is 108 cm³/mol. The number of hydrogen-bond acceptors (Lipinski definition) is 1. The van der Waals surface area contributed by atoms with E-state index < -0.39 is 0 Å². The lowest BCUT2D eigenvalue weighted by Crippen LogP contribution is -2.50. The van der Waals surface area contributed by atoms with Crippen molar-refractivity contribution in [3.05, 3.63) is 23.3 Å². The van der Waals surface area contributed by atoms with Crippen LogP contribution in [0.15, 0.2) is 23.3 Å². The summed E-state index contributed by atoms with van der Waals surface area (Å²) in [5, 5.41) is 0. The minimum absolute atomic E-state index is 0.453. The summed E-state index contributed by atoms with van der Waals surface area (Å²) < 4.78 is 0. The second-order valence-electron chi connectivity index (χ2n) is 10.4. The fourth-order valence-corrected chi connectivity index (χ4v) is 7.88. The van der Waals surface area contributed by atoms with Gasteiger partial charge in [0.05, 0.1) is 0 Å². The third-order valence-corrected chi connectivity index (χ3v) is 9.04. The van der Waals surface area contributed by atoms with Crippen LogP contribution in [0.2, 0.25) is 0 Å². The second kappa shape index (κ2) is 6.25. The van der Waals surface area contributed by atoms with E-state index in [0.717, 1.165) is 23.7 Å². The van der Waals surface area contributed by atoms with Gasteiger partial charge in [0.15, 0.2) is 0 Å². The van der Waals surface area contributed by atoms with Crippen LogP contribution in [0.3, 0.4) is 0 Å². The molecule has 140 valence electrons. The molecule has 0 unspecified atom stereocenters. The highest BCUT2D eigenvalue weighted by molar-refractivity contribution is 5.39. The summed E-state index contributed by atoms with van der Waals surface area (Å²) in [7, 11) is 4.49. The Labute approximate surface area is 155 Å². The predicted octanol–water partition coefficient (Wildman–Crippen LogP) is 6.07. The molecule has 0 aliphatic heterocycles. The molecule has 2 saturated carbocycles. The van der Waals surface area contributed by atoms with E-state index in [-0.39, 0.29) is 0 Å².